The molecular formula is C20H16F3N5O2. The monoisotopic (exact) mass is 415 g/mol. The second-order valence-corrected chi connectivity index (χ2v) is 6.87. The van der Waals surface area contributed by atoms with E-state index < -0.39 is 29.0 Å². The summed E-state index contributed by atoms with van der Waals surface area (Å²) >= 11 is 0. The van der Waals surface area contributed by atoms with Gasteiger partial charge in [0.15, 0.2) is 0 Å². The minimum Gasteiger partial charge on any atom is -0.382 e. The van der Waals surface area contributed by atoms with E-state index >= 15 is 0 Å². The van der Waals surface area contributed by atoms with Crippen LogP contribution in [0.5, 0.6) is 0 Å². The van der Waals surface area contributed by atoms with E-state index in [0.717, 1.165) is 12.1 Å². The van der Waals surface area contributed by atoms with Crippen molar-refractivity contribution in [1.82, 2.24) is 25.4 Å². The molecule has 0 aliphatic carbocycles. The number of tetrazole rings is 1. The summed E-state index contributed by atoms with van der Waals surface area (Å²) in [6, 6.07) is 10.4. The fraction of sp³-hybridized carbons (Fsp3) is 0.200. The smallest absolute Gasteiger partial charge is 0.143 e. The molecule has 0 saturated heterocycles. The van der Waals surface area contributed by atoms with Crippen LogP contribution in [0.1, 0.15) is 24.2 Å². The zero-order valence-electron chi connectivity index (χ0n) is 15.7. The summed E-state index contributed by atoms with van der Waals surface area (Å²) in [5.41, 5.74) is -1.66. The van der Waals surface area contributed by atoms with E-state index in [1.165, 1.54) is 29.2 Å². The molecule has 2 aromatic heterocycles. The maximum absolute atomic E-state index is 14.6. The number of rotatable bonds is 6. The standard InChI is InChI=1S/C20H16F3N5O2/c1-12(19-9-18(25-30-19)14-4-2-3-5-16(14)22)20(29,10-28-11-24-26-27-28)15-7-6-13(21)8-17(15)23/h2-9,11-12,29H,10H2,1H3/t12-,20+/m0/s1. The van der Waals surface area contributed by atoms with Crippen molar-refractivity contribution in [3.63, 3.8) is 0 Å². The van der Waals surface area contributed by atoms with Gasteiger partial charge in [0.1, 0.15) is 40.8 Å². The summed E-state index contributed by atoms with van der Waals surface area (Å²) in [5.74, 6) is -2.91. The average Bonchev–Trinajstić information content (AvgIpc) is 3.39. The van der Waals surface area contributed by atoms with Crippen LogP contribution in [0.2, 0.25) is 0 Å². The Morgan fingerprint density at radius 2 is 1.90 bits per heavy atom. The molecular weight excluding hydrogens is 399 g/mol. The van der Waals surface area contributed by atoms with Crippen molar-refractivity contribution in [3.8, 4) is 11.3 Å². The number of halogens is 3. The van der Waals surface area contributed by atoms with Gasteiger partial charge in [0, 0.05) is 23.3 Å². The van der Waals surface area contributed by atoms with Gasteiger partial charge in [-0.1, -0.05) is 30.3 Å². The first-order valence-corrected chi connectivity index (χ1v) is 8.98. The topological polar surface area (TPSA) is 89.9 Å². The summed E-state index contributed by atoms with van der Waals surface area (Å²) in [6.45, 7) is 1.33. The Kier molecular flexibility index (Phi) is 5.08. The molecule has 2 aromatic carbocycles. The lowest BCUT2D eigenvalue weighted by atomic mass is 9.80. The first kappa shape index (κ1) is 19.8. The van der Waals surface area contributed by atoms with E-state index in [2.05, 4.69) is 20.7 Å². The molecule has 4 rings (SSSR count). The number of aliphatic hydroxyl groups is 1. The van der Waals surface area contributed by atoms with E-state index in [9.17, 15) is 18.3 Å². The van der Waals surface area contributed by atoms with Gasteiger partial charge in [-0.15, -0.1) is 5.10 Å². The van der Waals surface area contributed by atoms with Gasteiger partial charge < -0.3 is 9.63 Å². The first-order chi connectivity index (χ1) is 14.4. The van der Waals surface area contributed by atoms with Gasteiger partial charge in [-0.05, 0) is 28.6 Å². The highest BCUT2D eigenvalue weighted by Crippen LogP contribution is 2.40. The molecule has 0 bridgehead atoms. The van der Waals surface area contributed by atoms with Crippen molar-refractivity contribution in [3.05, 3.63) is 83.6 Å². The number of hydrogen-bond donors (Lipinski definition) is 1. The van der Waals surface area contributed by atoms with Gasteiger partial charge in [-0.25, -0.2) is 17.9 Å². The lowest BCUT2D eigenvalue weighted by Gasteiger charge is -2.33. The van der Waals surface area contributed by atoms with Crippen LogP contribution in [0.15, 0.2) is 59.4 Å². The number of aromatic nitrogens is 5. The van der Waals surface area contributed by atoms with E-state index in [0.29, 0.717) is 6.07 Å². The molecule has 4 aromatic rings. The first-order valence-electron chi connectivity index (χ1n) is 8.98. The molecule has 154 valence electrons. The number of hydrogen-bond acceptors (Lipinski definition) is 6. The molecule has 0 radical (unpaired) electrons. The lowest BCUT2D eigenvalue weighted by molar-refractivity contribution is -0.0185. The third-order valence-corrected chi connectivity index (χ3v) is 5.01. The molecule has 0 amide bonds. The van der Waals surface area contributed by atoms with Gasteiger partial charge in [0.2, 0.25) is 0 Å². The molecule has 0 aliphatic heterocycles. The summed E-state index contributed by atoms with van der Waals surface area (Å²) in [4.78, 5) is 0. The summed E-state index contributed by atoms with van der Waals surface area (Å²) < 4.78 is 48.7. The maximum atomic E-state index is 14.6. The van der Waals surface area contributed by atoms with Crippen molar-refractivity contribution in [1.29, 1.82) is 0 Å². The lowest BCUT2D eigenvalue weighted by Crippen LogP contribution is -2.38. The van der Waals surface area contributed by atoms with Crippen LogP contribution in [0, 0.1) is 17.5 Å². The SMILES string of the molecule is C[C@@H](c1cc(-c2ccccc2F)no1)[C@](O)(Cn1cnnn1)c1ccc(F)cc1F. The summed E-state index contributed by atoms with van der Waals surface area (Å²) in [6.07, 6.45) is 1.25. The van der Waals surface area contributed by atoms with Crippen LogP contribution in [0.4, 0.5) is 13.2 Å². The predicted octanol–water partition coefficient (Wildman–Crippen LogP) is 3.44. The van der Waals surface area contributed by atoms with Crippen LogP contribution in [0.3, 0.4) is 0 Å². The second-order valence-electron chi connectivity index (χ2n) is 6.87. The number of nitrogens with zero attached hydrogens (tertiary/aromatic N) is 5. The molecule has 7 nitrogen and oxygen atoms in total. The zero-order chi connectivity index (χ0) is 21.3. The maximum Gasteiger partial charge on any atom is 0.143 e. The number of benzene rings is 2. The molecule has 0 unspecified atom stereocenters. The summed E-state index contributed by atoms with van der Waals surface area (Å²) in [5, 5.41) is 26.2. The molecule has 0 spiro atoms. The Morgan fingerprint density at radius 1 is 1.10 bits per heavy atom. The third kappa shape index (κ3) is 3.57. The quantitative estimate of drug-likeness (QED) is 0.519. The van der Waals surface area contributed by atoms with Gasteiger partial charge in [0.25, 0.3) is 0 Å². The Morgan fingerprint density at radius 3 is 2.60 bits per heavy atom. The molecule has 0 fully saturated rings. The van der Waals surface area contributed by atoms with Gasteiger partial charge in [-0.3, -0.25) is 0 Å². The minimum atomic E-state index is -1.93. The molecule has 1 N–H and O–H groups in total. The fourth-order valence-electron chi connectivity index (χ4n) is 3.32. The predicted molar refractivity (Wildman–Crippen MR) is 98.4 cm³/mol. The van der Waals surface area contributed by atoms with Crippen LogP contribution < -0.4 is 0 Å². The molecule has 2 heterocycles. The van der Waals surface area contributed by atoms with Crippen LogP contribution in [-0.4, -0.2) is 30.5 Å². The van der Waals surface area contributed by atoms with E-state index in [4.69, 9.17) is 4.52 Å². The normalized spacial score (nSPS) is 14.4. The highest BCUT2D eigenvalue weighted by atomic mass is 19.1. The van der Waals surface area contributed by atoms with Crippen molar-refractivity contribution >= 4 is 0 Å². The van der Waals surface area contributed by atoms with Gasteiger partial charge >= 0.3 is 0 Å². The van der Waals surface area contributed by atoms with Crippen molar-refractivity contribution < 1.29 is 22.8 Å². The van der Waals surface area contributed by atoms with Crippen molar-refractivity contribution in [2.24, 2.45) is 0 Å². The van der Waals surface area contributed by atoms with Crippen LogP contribution in [-0.2, 0) is 12.1 Å². The fourth-order valence-corrected chi connectivity index (χ4v) is 3.32. The van der Waals surface area contributed by atoms with Gasteiger partial charge in [-0.2, -0.15) is 0 Å². The van der Waals surface area contributed by atoms with E-state index in [1.807, 2.05) is 0 Å². The molecule has 30 heavy (non-hydrogen) atoms. The Labute approximate surface area is 168 Å². The Hall–Kier alpha value is -3.53. The summed E-state index contributed by atoms with van der Waals surface area (Å²) in [7, 11) is 0. The molecule has 0 aliphatic rings. The van der Waals surface area contributed by atoms with Crippen LogP contribution >= 0.6 is 0 Å². The van der Waals surface area contributed by atoms with Crippen LogP contribution in [0.25, 0.3) is 11.3 Å². The molecule has 0 saturated carbocycles. The van der Waals surface area contributed by atoms with Crippen molar-refractivity contribution in [2.45, 2.75) is 25.0 Å². The second kappa shape index (κ2) is 7.71. The van der Waals surface area contributed by atoms with Gasteiger partial charge in [0.05, 0.1) is 12.5 Å². The molecule has 2 atom stereocenters. The Bertz CT molecular complexity index is 1160. The zero-order valence-corrected chi connectivity index (χ0v) is 15.7. The highest BCUT2D eigenvalue weighted by Gasteiger charge is 2.42. The Balaban J connectivity index is 1.76. The largest absolute Gasteiger partial charge is 0.382 e. The van der Waals surface area contributed by atoms with E-state index in [-0.39, 0.29) is 29.1 Å². The van der Waals surface area contributed by atoms with Crippen molar-refractivity contribution in [2.75, 3.05) is 0 Å². The minimum absolute atomic E-state index is 0.171. The molecule has 10 heteroatoms. The van der Waals surface area contributed by atoms with E-state index in [1.54, 1.807) is 19.1 Å². The average molecular weight is 415 g/mol. The third-order valence-electron chi connectivity index (χ3n) is 5.01. The highest BCUT2D eigenvalue weighted by molar-refractivity contribution is 5.59.